The number of ether oxygens (including phenoxy) is 1. The topological polar surface area (TPSA) is 45.7 Å². The van der Waals surface area contributed by atoms with Crippen LogP contribution in [0.3, 0.4) is 0 Å². The number of hydrogen-bond donors (Lipinski definition) is 0. The minimum Gasteiger partial charge on any atom is -0.497 e. The summed E-state index contributed by atoms with van der Waals surface area (Å²) >= 11 is 9.44. The van der Waals surface area contributed by atoms with Gasteiger partial charge in [-0.25, -0.2) is 4.98 Å². The molecule has 1 aromatic heterocycles. The molecule has 3 rings (SSSR count). The molecular formula is C21H25Cl2N3O2S2. The minimum atomic E-state index is 0. The van der Waals surface area contributed by atoms with E-state index in [1.807, 2.05) is 56.6 Å². The third kappa shape index (κ3) is 6.49. The summed E-state index contributed by atoms with van der Waals surface area (Å²) < 4.78 is 6.17. The molecule has 0 radical (unpaired) electrons. The van der Waals surface area contributed by atoms with Gasteiger partial charge in [-0.2, -0.15) is 0 Å². The third-order valence-electron chi connectivity index (χ3n) is 4.31. The number of carbonyl (C=O) groups is 1. The van der Waals surface area contributed by atoms with E-state index in [1.165, 1.54) is 11.3 Å². The molecule has 0 fully saturated rings. The fraction of sp³-hybridized carbons (Fsp3) is 0.333. The summed E-state index contributed by atoms with van der Waals surface area (Å²) in [5.41, 5.74) is 0.754. The van der Waals surface area contributed by atoms with Gasteiger partial charge < -0.3 is 9.64 Å². The van der Waals surface area contributed by atoms with Crippen LogP contribution in [-0.4, -0.2) is 55.8 Å². The molecule has 1 amide bonds. The van der Waals surface area contributed by atoms with Gasteiger partial charge in [-0.3, -0.25) is 9.69 Å². The zero-order chi connectivity index (χ0) is 20.8. The number of halogens is 2. The van der Waals surface area contributed by atoms with Gasteiger partial charge in [0.1, 0.15) is 11.3 Å². The number of nitrogens with zero attached hydrogens (tertiary/aromatic N) is 3. The average molecular weight is 486 g/mol. The molecule has 0 N–H and O–H groups in total. The Balaban J connectivity index is 0.00000320. The number of para-hydroxylation sites is 1. The lowest BCUT2D eigenvalue weighted by molar-refractivity contribution is -0.118. The molecule has 1 heterocycles. The Labute approximate surface area is 196 Å². The number of anilines is 1. The second kappa shape index (κ2) is 11.8. The summed E-state index contributed by atoms with van der Waals surface area (Å²) in [6.45, 7) is 1.36. The summed E-state index contributed by atoms with van der Waals surface area (Å²) in [6, 6.07) is 13.6. The standard InChI is InChI=1S/C21H24ClN3O2S2.ClH/c1-24(2)12-13-25(21-23-20-17(22)5-4-6-18(20)29-21)19(26)11-14-28-16-9-7-15(27-3)8-10-16;/h4-10H,11-14H2,1-3H3;1H. The van der Waals surface area contributed by atoms with Gasteiger partial charge in [0.15, 0.2) is 5.13 Å². The number of carbonyl (C=O) groups excluding carboxylic acids is 1. The van der Waals surface area contributed by atoms with Gasteiger partial charge in [0.25, 0.3) is 0 Å². The van der Waals surface area contributed by atoms with Gasteiger partial charge in [-0.05, 0) is 50.5 Å². The third-order valence-corrected chi connectivity index (χ3v) is 6.67. The van der Waals surface area contributed by atoms with E-state index < -0.39 is 0 Å². The van der Waals surface area contributed by atoms with E-state index in [2.05, 4.69) is 9.88 Å². The number of amides is 1. The Morgan fingerprint density at radius 2 is 1.90 bits per heavy atom. The first-order chi connectivity index (χ1) is 14.0. The fourth-order valence-electron chi connectivity index (χ4n) is 2.71. The van der Waals surface area contributed by atoms with Crippen LogP contribution in [0.5, 0.6) is 5.75 Å². The van der Waals surface area contributed by atoms with Crippen LogP contribution in [0.2, 0.25) is 5.02 Å². The maximum absolute atomic E-state index is 13.0. The van der Waals surface area contributed by atoms with Crippen LogP contribution < -0.4 is 9.64 Å². The van der Waals surface area contributed by atoms with Crippen molar-refractivity contribution in [1.29, 1.82) is 0 Å². The highest BCUT2D eigenvalue weighted by Gasteiger charge is 2.20. The molecule has 3 aromatic rings. The molecule has 0 aliphatic heterocycles. The van der Waals surface area contributed by atoms with Crippen molar-refractivity contribution in [3.63, 3.8) is 0 Å². The van der Waals surface area contributed by atoms with E-state index in [9.17, 15) is 4.79 Å². The van der Waals surface area contributed by atoms with Crippen molar-refractivity contribution in [2.45, 2.75) is 11.3 Å². The van der Waals surface area contributed by atoms with Crippen molar-refractivity contribution in [2.75, 3.05) is 44.9 Å². The van der Waals surface area contributed by atoms with Crippen LogP contribution in [0.25, 0.3) is 10.2 Å². The van der Waals surface area contributed by atoms with Crippen LogP contribution in [0.4, 0.5) is 5.13 Å². The molecule has 9 heteroatoms. The highest BCUT2D eigenvalue weighted by Crippen LogP contribution is 2.33. The Bertz CT molecular complexity index is 965. The van der Waals surface area contributed by atoms with E-state index in [-0.39, 0.29) is 18.3 Å². The zero-order valence-electron chi connectivity index (χ0n) is 17.1. The summed E-state index contributed by atoms with van der Waals surface area (Å²) in [5.74, 6) is 1.60. The number of thiazole rings is 1. The second-order valence-corrected chi connectivity index (χ2v) is 9.29. The van der Waals surface area contributed by atoms with Crippen molar-refractivity contribution < 1.29 is 9.53 Å². The lowest BCUT2D eigenvalue weighted by Crippen LogP contribution is -2.36. The molecule has 0 saturated heterocycles. The predicted molar refractivity (Wildman–Crippen MR) is 131 cm³/mol. The van der Waals surface area contributed by atoms with Crippen LogP contribution >= 0.6 is 47.1 Å². The Kier molecular flexibility index (Phi) is 9.71. The SMILES string of the molecule is COc1ccc(SCCC(=O)N(CCN(C)C)c2nc3c(Cl)cccc3s2)cc1.Cl. The minimum absolute atomic E-state index is 0. The van der Waals surface area contributed by atoms with E-state index in [4.69, 9.17) is 16.3 Å². The number of benzene rings is 2. The Morgan fingerprint density at radius 3 is 2.53 bits per heavy atom. The molecule has 0 unspecified atom stereocenters. The second-order valence-electron chi connectivity index (χ2n) is 6.71. The number of likely N-dealkylation sites (N-methyl/N-ethyl adjacent to an activating group) is 1. The van der Waals surface area contributed by atoms with E-state index >= 15 is 0 Å². The van der Waals surface area contributed by atoms with Gasteiger partial charge in [0.2, 0.25) is 5.91 Å². The first-order valence-corrected chi connectivity index (χ1v) is 11.4. The number of thioether (sulfide) groups is 1. The maximum atomic E-state index is 13.0. The van der Waals surface area contributed by atoms with E-state index in [0.29, 0.717) is 28.9 Å². The molecule has 5 nitrogen and oxygen atoms in total. The smallest absolute Gasteiger partial charge is 0.229 e. The van der Waals surface area contributed by atoms with Crippen LogP contribution in [-0.2, 0) is 4.79 Å². The quantitative estimate of drug-likeness (QED) is 0.376. The number of fused-ring (bicyclic) bond motifs is 1. The molecule has 0 saturated carbocycles. The fourth-order valence-corrected chi connectivity index (χ4v) is 4.86. The zero-order valence-corrected chi connectivity index (χ0v) is 20.3. The van der Waals surface area contributed by atoms with Crippen LogP contribution in [0.1, 0.15) is 6.42 Å². The van der Waals surface area contributed by atoms with Crippen LogP contribution in [0.15, 0.2) is 47.4 Å². The highest BCUT2D eigenvalue weighted by atomic mass is 35.5. The molecule has 162 valence electrons. The molecule has 0 spiro atoms. The predicted octanol–water partition coefficient (Wildman–Crippen LogP) is 5.46. The average Bonchev–Trinajstić information content (AvgIpc) is 3.14. The number of rotatable bonds is 9. The number of aromatic nitrogens is 1. The Morgan fingerprint density at radius 1 is 1.17 bits per heavy atom. The van der Waals surface area contributed by atoms with Gasteiger partial charge in [-0.15, -0.1) is 24.2 Å². The lowest BCUT2D eigenvalue weighted by atomic mass is 10.3. The van der Waals surface area contributed by atoms with Crippen molar-refractivity contribution in [3.05, 3.63) is 47.5 Å². The van der Waals surface area contributed by atoms with Gasteiger partial charge in [0.05, 0.1) is 16.8 Å². The lowest BCUT2D eigenvalue weighted by Gasteiger charge is -2.22. The largest absolute Gasteiger partial charge is 0.497 e. The van der Waals surface area contributed by atoms with Gasteiger partial charge in [-0.1, -0.05) is 29.0 Å². The van der Waals surface area contributed by atoms with Crippen molar-refractivity contribution in [2.24, 2.45) is 0 Å². The summed E-state index contributed by atoms with van der Waals surface area (Å²) in [4.78, 5) is 22.6. The summed E-state index contributed by atoms with van der Waals surface area (Å²) in [6.07, 6.45) is 0.438. The van der Waals surface area contributed by atoms with Gasteiger partial charge in [0, 0.05) is 30.2 Å². The molecule has 2 aromatic carbocycles. The Hall–Kier alpha value is -1.51. The molecule has 30 heavy (non-hydrogen) atoms. The van der Waals surface area contributed by atoms with Crippen molar-refractivity contribution in [3.8, 4) is 5.75 Å². The van der Waals surface area contributed by atoms with Gasteiger partial charge >= 0.3 is 0 Å². The van der Waals surface area contributed by atoms with E-state index in [1.54, 1.807) is 23.8 Å². The number of methoxy groups -OCH3 is 1. The molecular weight excluding hydrogens is 461 g/mol. The molecule has 0 atom stereocenters. The first-order valence-electron chi connectivity index (χ1n) is 9.25. The first kappa shape index (κ1) is 24.8. The molecule has 0 bridgehead atoms. The number of hydrogen-bond acceptors (Lipinski definition) is 6. The van der Waals surface area contributed by atoms with Crippen molar-refractivity contribution >= 4 is 68.4 Å². The summed E-state index contributed by atoms with van der Waals surface area (Å²) in [5, 5.41) is 1.31. The molecule has 0 aliphatic rings. The highest BCUT2D eigenvalue weighted by molar-refractivity contribution is 7.99. The van der Waals surface area contributed by atoms with E-state index in [0.717, 1.165) is 27.4 Å². The van der Waals surface area contributed by atoms with Crippen molar-refractivity contribution in [1.82, 2.24) is 9.88 Å². The normalized spacial score (nSPS) is 10.8. The summed E-state index contributed by atoms with van der Waals surface area (Å²) in [7, 11) is 5.65. The molecule has 0 aliphatic carbocycles. The maximum Gasteiger partial charge on any atom is 0.229 e. The monoisotopic (exact) mass is 485 g/mol. The van der Waals surface area contributed by atoms with Crippen LogP contribution in [0, 0.1) is 0 Å².